The summed E-state index contributed by atoms with van der Waals surface area (Å²) >= 11 is 0. The number of rotatable bonds is 4. The highest BCUT2D eigenvalue weighted by atomic mass is 16.3. The van der Waals surface area contributed by atoms with Crippen LogP contribution in [0.1, 0.15) is 17.3 Å². The van der Waals surface area contributed by atoms with Crippen molar-refractivity contribution in [2.24, 2.45) is 11.7 Å². The molecule has 1 aromatic heterocycles. The Bertz CT molecular complexity index is 257. The third-order valence-electron chi connectivity index (χ3n) is 1.80. The lowest BCUT2D eigenvalue weighted by Gasteiger charge is -2.08. The van der Waals surface area contributed by atoms with Gasteiger partial charge < -0.3 is 15.5 Å². The smallest absolute Gasteiger partial charge is 0.254 e. The molecule has 1 atom stereocenters. The number of carbonyl (C=O) groups excluding carboxylic acids is 1. The minimum absolute atomic E-state index is 0.117. The molecule has 4 nitrogen and oxygen atoms in total. The summed E-state index contributed by atoms with van der Waals surface area (Å²) in [5.74, 6) is 0.185. The van der Waals surface area contributed by atoms with Crippen LogP contribution in [-0.4, -0.2) is 19.0 Å². The molecule has 0 saturated carbocycles. The van der Waals surface area contributed by atoms with Crippen molar-refractivity contribution >= 4 is 5.91 Å². The molecule has 0 fully saturated rings. The molecule has 72 valence electrons. The summed E-state index contributed by atoms with van der Waals surface area (Å²) in [6, 6.07) is 1.63. The number of amides is 1. The number of carbonyl (C=O) groups is 1. The number of hydrogen-bond donors (Lipinski definition) is 2. The highest BCUT2D eigenvalue weighted by Gasteiger charge is 2.07. The van der Waals surface area contributed by atoms with Crippen molar-refractivity contribution in [2.45, 2.75) is 6.92 Å². The fourth-order valence-electron chi connectivity index (χ4n) is 0.846. The van der Waals surface area contributed by atoms with Crippen LogP contribution in [0, 0.1) is 5.92 Å². The van der Waals surface area contributed by atoms with Crippen molar-refractivity contribution in [3.05, 3.63) is 24.2 Å². The molecular weight excluding hydrogens is 168 g/mol. The largest absolute Gasteiger partial charge is 0.472 e. The molecule has 1 rings (SSSR count). The van der Waals surface area contributed by atoms with Gasteiger partial charge in [0.1, 0.15) is 6.26 Å². The maximum Gasteiger partial charge on any atom is 0.254 e. The van der Waals surface area contributed by atoms with Crippen LogP contribution < -0.4 is 11.1 Å². The molecule has 1 aromatic rings. The molecule has 0 aromatic carbocycles. The van der Waals surface area contributed by atoms with Crippen molar-refractivity contribution < 1.29 is 9.21 Å². The second kappa shape index (κ2) is 4.67. The van der Waals surface area contributed by atoms with Crippen molar-refractivity contribution in [2.75, 3.05) is 13.1 Å². The van der Waals surface area contributed by atoms with Crippen LogP contribution in [0.15, 0.2) is 23.0 Å². The molecule has 13 heavy (non-hydrogen) atoms. The number of nitrogens with one attached hydrogen (secondary N) is 1. The van der Waals surface area contributed by atoms with Gasteiger partial charge in [0.05, 0.1) is 11.8 Å². The summed E-state index contributed by atoms with van der Waals surface area (Å²) in [5, 5.41) is 2.76. The zero-order valence-electron chi connectivity index (χ0n) is 7.62. The van der Waals surface area contributed by atoms with E-state index in [4.69, 9.17) is 10.2 Å². The van der Waals surface area contributed by atoms with Gasteiger partial charge in [0.25, 0.3) is 5.91 Å². The maximum atomic E-state index is 11.3. The number of hydrogen-bond acceptors (Lipinski definition) is 3. The molecule has 0 radical (unpaired) electrons. The van der Waals surface area contributed by atoms with Gasteiger partial charge in [0.2, 0.25) is 0 Å². The molecule has 4 heteroatoms. The summed E-state index contributed by atoms with van der Waals surface area (Å²) in [7, 11) is 0. The maximum absolute atomic E-state index is 11.3. The molecule has 3 N–H and O–H groups in total. The van der Waals surface area contributed by atoms with Gasteiger partial charge in [-0.25, -0.2) is 0 Å². The van der Waals surface area contributed by atoms with Gasteiger partial charge in [0, 0.05) is 6.54 Å². The van der Waals surface area contributed by atoms with E-state index in [1.807, 2.05) is 6.92 Å². The van der Waals surface area contributed by atoms with Crippen molar-refractivity contribution in [1.29, 1.82) is 0 Å². The van der Waals surface area contributed by atoms with Crippen LogP contribution in [0.3, 0.4) is 0 Å². The monoisotopic (exact) mass is 182 g/mol. The van der Waals surface area contributed by atoms with E-state index in [-0.39, 0.29) is 5.91 Å². The first kappa shape index (κ1) is 9.80. The Morgan fingerprint density at radius 2 is 2.54 bits per heavy atom. The first-order chi connectivity index (χ1) is 6.24. The zero-order valence-corrected chi connectivity index (χ0v) is 7.62. The summed E-state index contributed by atoms with van der Waals surface area (Å²) in [6.45, 7) is 3.15. The van der Waals surface area contributed by atoms with Gasteiger partial charge in [0.15, 0.2) is 0 Å². The molecule has 0 spiro atoms. The van der Waals surface area contributed by atoms with Crippen LogP contribution in [0.4, 0.5) is 0 Å². The number of furan rings is 1. The molecule has 0 aliphatic carbocycles. The third kappa shape index (κ3) is 2.91. The van der Waals surface area contributed by atoms with Crippen molar-refractivity contribution in [3.63, 3.8) is 0 Å². The number of nitrogens with two attached hydrogens (primary N) is 1. The van der Waals surface area contributed by atoms with E-state index >= 15 is 0 Å². The summed E-state index contributed by atoms with van der Waals surface area (Å²) in [4.78, 5) is 11.3. The minimum Gasteiger partial charge on any atom is -0.472 e. The van der Waals surface area contributed by atoms with Crippen molar-refractivity contribution in [1.82, 2.24) is 5.32 Å². The molecule has 0 aliphatic rings. The lowest BCUT2D eigenvalue weighted by molar-refractivity contribution is 0.0948. The average molecular weight is 182 g/mol. The van der Waals surface area contributed by atoms with Crippen LogP contribution in [-0.2, 0) is 0 Å². The van der Waals surface area contributed by atoms with E-state index < -0.39 is 0 Å². The van der Waals surface area contributed by atoms with E-state index in [1.165, 1.54) is 12.5 Å². The minimum atomic E-state index is -0.117. The Morgan fingerprint density at radius 3 is 3.08 bits per heavy atom. The second-order valence-electron chi connectivity index (χ2n) is 3.06. The standard InChI is InChI=1S/C9H14N2O2/c1-7(4-10)5-11-9(12)8-2-3-13-6-8/h2-3,6-7H,4-5,10H2,1H3,(H,11,12). The van der Waals surface area contributed by atoms with E-state index in [2.05, 4.69) is 5.32 Å². The van der Waals surface area contributed by atoms with Crippen molar-refractivity contribution in [3.8, 4) is 0 Å². The molecule has 0 bridgehead atoms. The van der Waals surface area contributed by atoms with Gasteiger partial charge in [-0.15, -0.1) is 0 Å². The van der Waals surface area contributed by atoms with E-state index in [0.29, 0.717) is 24.6 Å². The van der Waals surface area contributed by atoms with Gasteiger partial charge in [-0.2, -0.15) is 0 Å². The summed E-state index contributed by atoms with van der Waals surface area (Å²) < 4.78 is 4.78. The van der Waals surface area contributed by atoms with E-state index in [0.717, 1.165) is 0 Å². The lowest BCUT2D eigenvalue weighted by Crippen LogP contribution is -2.30. The molecule has 1 amide bonds. The first-order valence-corrected chi connectivity index (χ1v) is 4.24. The quantitative estimate of drug-likeness (QED) is 0.716. The molecule has 1 heterocycles. The molecule has 0 saturated heterocycles. The van der Waals surface area contributed by atoms with Gasteiger partial charge in [-0.1, -0.05) is 6.92 Å². The van der Waals surface area contributed by atoms with E-state index in [1.54, 1.807) is 6.07 Å². The van der Waals surface area contributed by atoms with Crippen LogP contribution in [0.25, 0.3) is 0 Å². The van der Waals surface area contributed by atoms with Gasteiger partial charge >= 0.3 is 0 Å². The Labute approximate surface area is 77.1 Å². The fourth-order valence-corrected chi connectivity index (χ4v) is 0.846. The Hall–Kier alpha value is -1.29. The lowest BCUT2D eigenvalue weighted by atomic mass is 10.2. The Kier molecular flexibility index (Phi) is 3.52. The fraction of sp³-hybridized carbons (Fsp3) is 0.444. The van der Waals surface area contributed by atoms with Crippen LogP contribution >= 0.6 is 0 Å². The summed E-state index contributed by atoms with van der Waals surface area (Å²) in [5.41, 5.74) is 5.95. The predicted octanol–water partition coefficient (Wildman–Crippen LogP) is 0.604. The molecular formula is C9H14N2O2. The van der Waals surface area contributed by atoms with Crippen LogP contribution in [0.2, 0.25) is 0 Å². The second-order valence-corrected chi connectivity index (χ2v) is 3.06. The third-order valence-corrected chi connectivity index (χ3v) is 1.80. The topological polar surface area (TPSA) is 68.3 Å². The molecule has 1 unspecified atom stereocenters. The predicted molar refractivity (Wildman–Crippen MR) is 49.3 cm³/mol. The zero-order chi connectivity index (χ0) is 9.68. The highest BCUT2D eigenvalue weighted by Crippen LogP contribution is 1.99. The van der Waals surface area contributed by atoms with Gasteiger partial charge in [-0.05, 0) is 18.5 Å². The Morgan fingerprint density at radius 1 is 1.77 bits per heavy atom. The first-order valence-electron chi connectivity index (χ1n) is 4.24. The average Bonchev–Trinajstić information content (AvgIpc) is 2.66. The Balaban J connectivity index is 2.35. The summed E-state index contributed by atoms with van der Waals surface area (Å²) in [6.07, 6.45) is 2.89. The highest BCUT2D eigenvalue weighted by molar-refractivity contribution is 5.93. The van der Waals surface area contributed by atoms with Gasteiger partial charge in [-0.3, -0.25) is 4.79 Å². The molecule has 0 aliphatic heterocycles. The van der Waals surface area contributed by atoms with E-state index in [9.17, 15) is 4.79 Å². The van der Waals surface area contributed by atoms with Crippen LogP contribution in [0.5, 0.6) is 0 Å². The normalized spacial score (nSPS) is 12.5. The SMILES string of the molecule is CC(CN)CNC(=O)c1ccoc1.